The Hall–Kier alpha value is -3.55. The van der Waals surface area contributed by atoms with E-state index in [2.05, 4.69) is 20.7 Å². The number of urea groups is 1. The van der Waals surface area contributed by atoms with E-state index in [9.17, 15) is 14.0 Å². The van der Waals surface area contributed by atoms with Gasteiger partial charge >= 0.3 is 6.03 Å². The topological polar surface area (TPSA) is 88.9 Å². The first-order chi connectivity index (χ1) is 12.6. The maximum atomic E-state index is 12.8. The van der Waals surface area contributed by atoms with Crippen LogP contribution in [0.25, 0.3) is 11.3 Å². The van der Waals surface area contributed by atoms with Gasteiger partial charge in [0.05, 0.1) is 12.2 Å². The van der Waals surface area contributed by atoms with Gasteiger partial charge in [-0.3, -0.25) is 9.78 Å². The van der Waals surface area contributed by atoms with Crippen LogP contribution in [0, 0.1) is 5.82 Å². The number of nitrogens with one attached hydrogen (secondary N) is 2. The number of carbonyl (C=O) groups is 1. The third-order valence-electron chi connectivity index (χ3n) is 3.54. The molecular weight excluding hydrogens is 337 g/mol. The van der Waals surface area contributed by atoms with Crippen LogP contribution in [0.15, 0.2) is 65.7 Å². The largest absolute Gasteiger partial charge is 0.336 e. The number of hydrogen-bond acceptors (Lipinski definition) is 4. The number of hydrogen-bond donors (Lipinski definition) is 2. The molecule has 2 N–H and O–H groups in total. The minimum Gasteiger partial charge on any atom is -0.336 e. The molecule has 2 aromatic heterocycles. The molecule has 2 heterocycles. The van der Waals surface area contributed by atoms with Gasteiger partial charge in [0.15, 0.2) is 0 Å². The number of carbonyl (C=O) groups excluding carboxylic acids is 1. The average molecular weight is 353 g/mol. The van der Waals surface area contributed by atoms with Crippen LogP contribution in [0.5, 0.6) is 0 Å². The highest BCUT2D eigenvalue weighted by molar-refractivity contribution is 5.89. The normalized spacial score (nSPS) is 10.3. The SMILES string of the molecule is O=C(NCCn1nc(-c2cccnc2)ccc1=O)Nc1ccc(F)cc1. The monoisotopic (exact) mass is 353 g/mol. The lowest BCUT2D eigenvalue weighted by molar-refractivity contribution is 0.251. The van der Waals surface area contributed by atoms with Crippen molar-refractivity contribution in [3.8, 4) is 11.3 Å². The Bertz CT molecular complexity index is 942. The third kappa shape index (κ3) is 4.50. The highest BCUT2D eigenvalue weighted by Gasteiger charge is 2.05. The summed E-state index contributed by atoms with van der Waals surface area (Å²) in [5.41, 5.74) is 1.62. The van der Waals surface area contributed by atoms with Gasteiger partial charge in [0.1, 0.15) is 5.82 Å². The maximum absolute atomic E-state index is 12.8. The molecule has 0 spiro atoms. The first-order valence-electron chi connectivity index (χ1n) is 7.91. The van der Waals surface area contributed by atoms with Gasteiger partial charge in [0.25, 0.3) is 5.56 Å². The smallest absolute Gasteiger partial charge is 0.319 e. The molecular formula is C18H16FN5O2. The first kappa shape index (κ1) is 17.3. The maximum Gasteiger partial charge on any atom is 0.319 e. The molecule has 0 saturated carbocycles. The van der Waals surface area contributed by atoms with Gasteiger partial charge in [-0.25, -0.2) is 13.9 Å². The quantitative estimate of drug-likeness (QED) is 0.736. The molecule has 3 aromatic rings. The van der Waals surface area contributed by atoms with Crippen LogP contribution in [0.1, 0.15) is 0 Å². The van der Waals surface area contributed by atoms with Crippen LogP contribution in [0.2, 0.25) is 0 Å². The van der Waals surface area contributed by atoms with Crippen molar-refractivity contribution >= 4 is 11.7 Å². The fourth-order valence-electron chi connectivity index (χ4n) is 2.26. The van der Waals surface area contributed by atoms with E-state index in [0.29, 0.717) is 11.4 Å². The fourth-order valence-corrected chi connectivity index (χ4v) is 2.26. The molecule has 26 heavy (non-hydrogen) atoms. The molecule has 0 aliphatic carbocycles. The van der Waals surface area contributed by atoms with Crippen molar-refractivity contribution < 1.29 is 9.18 Å². The van der Waals surface area contributed by atoms with Gasteiger partial charge in [0.2, 0.25) is 0 Å². The Morgan fingerprint density at radius 3 is 2.65 bits per heavy atom. The standard InChI is InChI=1S/C18H16FN5O2/c19-14-3-5-15(6-4-14)22-18(26)21-10-11-24-17(25)8-7-16(23-24)13-2-1-9-20-12-13/h1-9,12H,10-11H2,(H2,21,22,26). The van der Waals surface area contributed by atoms with E-state index in [1.54, 1.807) is 24.5 Å². The van der Waals surface area contributed by atoms with Crippen LogP contribution >= 0.6 is 0 Å². The predicted octanol–water partition coefficient (Wildman–Crippen LogP) is 2.27. The molecule has 8 heteroatoms. The molecule has 0 atom stereocenters. The molecule has 0 aliphatic rings. The summed E-state index contributed by atoms with van der Waals surface area (Å²) < 4.78 is 14.1. The molecule has 0 aliphatic heterocycles. The van der Waals surface area contributed by atoms with E-state index in [1.165, 1.54) is 35.0 Å². The van der Waals surface area contributed by atoms with Crippen molar-refractivity contribution in [2.24, 2.45) is 0 Å². The van der Waals surface area contributed by atoms with Crippen molar-refractivity contribution in [3.63, 3.8) is 0 Å². The van der Waals surface area contributed by atoms with Crippen molar-refractivity contribution in [1.29, 1.82) is 0 Å². The van der Waals surface area contributed by atoms with E-state index in [1.807, 2.05) is 6.07 Å². The number of anilines is 1. The molecule has 132 valence electrons. The Kier molecular flexibility index (Phi) is 5.33. The molecule has 1 aromatic carbocycles. The first-order valence-corrected chi connectivity index (χ1v) is 7.91. The number of pyridine rings is 1. The zero-order chi connectivity index (χ0) is 18.4. The molecule has 0 saturated heterocycles. The van der Waals surface area contributed by atoms with Gasteiger partial charge in [0, 0.05) is 36.3 Å². The van der Waals surface area contributed by atoms with E-state index in [4.69, 9.17) is 0 Å². The minimum absolute atomic E-state index is 0.205. The molecule has 2 amide bonds. The van der Waals surface area contributed by atoms with Gasteiger partial charge < -0.3 is 10.6 Å². The van der Waals surface area contributed by atoms with Crippen LogP contribution in [0.3, 0.4) is 0 Å². The van der Waals surface area contributed by atoms with Crippen molar-refractivity contribution in [2.75, 3.05) is 11.9 Å². The summed E-state index contributed by atoms with van der Waals surface area (Å²) >= 11 is 0. The summed E-state index contributed by atoms with van der Waals surface area (Å²) in [5, 5.41) is 9.48. The summed E-state index contributed by atoms with van der Waals surface area (Å²) in [5.74, 6) is -0.380. The number of amides is 2. The molecule has 0 radical (unpaired) electrons. The number of benzene rings is 1. The fraction of sp³-hybridized carbons (Fsp3) is 0.111. The van der Waals surface area contributed by atoms with Crippen LogP contribution < -0.4 is 16.2 Å². The zero-order valence-electron chi connectivity index (χ0n) is 13.7. The summed E-state index contributed by atoms with van der Waals surface area (Å²) in [6.45, 7) is 0.417. The Morgan fingerprint density at radius 1 is 1.12 bits per heavy atom. The van der Waals surface area contributed by atoms with Gasteiger partial charge in [-0.15, -0.1) is 0 Å². The van der Waals surface area contributed by atoms with Crippen LogP contribution in [0.4, 0.5) is 14.9 Å². The second-order valence-electron chi connectivity index (χ2n) is 5.41. The predicted molar refractivity (Wildman–Crippen MR) is 95.1 cm³/mol. The lowest BCUT2D eigenvalue weighted by atomic mass is 10.2. The molecule has 7 nitrogen and oxygen atoms in total. The Labute approximate surface area is 148 Å². The lowest BCUT2D eigenvalue weighted by Gasteiger charge is -2.09. The second kappa shape index (κ2) is 8.02. The van der Waals surface area contributed by atoms with Crippen LogP contribution in [-0.2, 0) is 6.54 Å². The molecule has 0 bridgehead atoms. The van der Waals surface area contributed by atoms with Crippen molar-refractivity contribution in [3.05, 3.63) is 77.1 Å². The average Bonchev–Trinajstić information content (AvgIpc) is 2.66. The zero-order valence-corrected chi connectivity index (χ0v) is 13.7. The highest BCUT2D eigenvalue weighted by atomic mass is 19.1. The van der Waals surface area contributed by atoms with E-state index in [-0.39, 0.29) is 24.5 Å². The summed E-state index contributed by atoms with van der Waals surface area (Å²) in [7, 11) is 0. The van der Waals surface area contributed by atoms with E-state index in [0.717, 1.165) is 5.56 Å². The Balaban J connectivity index is 1.58. The van der Waals surface area contributed by atoms with E-state index >= 15 is 0 Å². The number of rotatable bonds is 5. The number of aromatic nitrogens is 3. The number of nitrogens with zero attached hydrogens (tertiary/aromatic N) is 3. The summed E-state index contributed by atoms with van der Waals surface area (Å²) in [6, 6.07) is 11.7. The van der Waals surface area contributed by atoms with E-state index < -0.39 is 6.03 Å². The Morgan fingerprint density at radius 2 is 1.92 bits per heavy atom. The molecule has 0 unspecified atom stereocenters. The third-order valence-corrected chi connectivity index (χ3v) is 3.54. The van der Waals surface area contributed by atoms with Crippen LogP contribution in [-0.4, -0.2) is 27.3 Å². The van der Waals surface area contributed by atoms with Crippen molar-refractivity contribution in [2.45, 2.75) is 6.54 Å². The molecule has 3 rings (SSSR count). The molecule has 0 fully saturated rings. The lowest BCUT2D eigenvalue weighted by Crippen LogP contribution is -2.34. The summed E-state index contributed by atoms with van der Waals surface area (Å²) in [4.78, 5) is 27.8. The minimum atomic E-state index is -0.451. The van der Waals surface area contributed by atoms with Gasteiger partial charge in [-0.05, 0) is 42.5 Å². The second-order valence-corrected chi connectivity index (χ2v) is 5.41. The summed E-state index contributed by atoms with van der Waals surface area (Å²) in [6.07, 6.45) is 3.31. The van der Waals surface area contributed by atoms with Gasteiger partial charge in [-0.2, -0.15) is 5.10 Å². The van der Waals surface area contributed by atoms with Crippen molar-refractivity contribution in [1.82, 2.24) is 20.1 Å². The van der Waals surface area contributed by atoms with Gasteiger partial charge in [-0.1, -0.05) is 0 Å². The highest BCUT2D eigenvalue weighted by Crippen LogP contribution is 2.12. The number of halogens is 1.